The summed E-state index contributed by atoms with van der Waals surface area (Å²) in [5, 5.41) is 3.42. The molecule has 1 N–H and O–H groups in total. The minimum absolute atomic E-state index is 0. The Morgan fingerprint density at radius 2 is 1.79 bits per heavy atom. The number of benzene rings is 1. The molecule has 138 valence electrons. The molecule has 2 aliphatic rings. The molecule has 1 saturated carbocycles. The van der Waals surface area contributed by atoms with Crippen LogP contribution in [0.5, 0.6) is 5.75 Å². The molecule has 0 radical (unpaired) electrons. The Kier molecular flexibility index (Phi) is 9.35. The van der Waals surface area contributed by atoms with Gasteiger partial charge in [0.25, 0.3) is 0 Å². The highest BCUT2D eigenvalue weighted by atomic mass is 35.5. The van der Waals surface area contributed by atoms with Gasteiger partial charge >= 0.3 is 0 Å². The van der Waals surface area contributed by atoms with E-state index in [1.165, 1.54) is 38.2 Å². The highest BCUT2D eigenvalue weighted by Crippen LogP contribution is 2.42. The lowest BCUT2D eigenvalue weighted by Gasteiger charge is -2.41. The largest absolute Gasteiger partial charge is 0.493 e. The first-order valence-electron chi connectivity index (χ1n) is 8.58. The Morgan fingerprint density at radius 3 is 2.42 bits per heavy atom. The molecule has 1 heterocycles. The summed E-state index contributed by atoms with van der Waals surface area (Å²) in [4.78, 5) is 2.53. The van der Waals surface area contributed by atoms with Gasteiger partial charge in [0.1, 0.15) is 0 Å². The number of ether oxygens (including phenoxy) is 1. The van der Waals surface area contributed by atoms with Crippen molar-refractivity contribution < 1.29 is 9.13 Å². The molecule has 3 rings (SSSR count). The van der Waals surface area contributed by atoms with Crippen LogP contribution in [0.1, 0.15) is 43.7 Å². The van der Waals surface area contributed by atoms with Gasteiger partial charge in [-0.15, -0.1) is 24.8 Å². The predicted octanol–water partition coefficient (Wildman–Crippen LogP) is 4.20. The number of piperazine rings is 1. The number of nitrogens with one attached hydrogen (secondary N) is 1. The van der Waals surface area contributed by atoms with Gasteiger partial charge in [-0.2, -0.15) is 0 Å². The highest BCUT2D eigenvalue weighted by molar-refractivity contribution is 5.85. The second-order valence-electron chi connectivity index (χ2n) is 6.49. The Labute approximate surface area is 157 Å². The number of hydrogen-bond donors (Lipinski definition) is 1. The maximum Gasteiger partial charge on any atom is 0.165 e. The minimum Gasteiger partial charge on any atom is -0.493 e. The molecule has 24 heavy (non-hydrogen) atoms. The van der Waals surface area contributed by atoms with E-state index < -0.39 is 0 Å². The van der Waals surface area contributed by atoms with Gasteiger partial charge in [0.05, 0.1) is 7.11 Å². The van der Waals surface area contributed by atoms with Crippen molar-refractivity contribution in [3.8, 4) is 5.75 Å². The van der Waals surface area contributed by atoms with E-state index in [0.29, 0.717) is 11.7 Å². The molecule has 1 aliphatic carbocycles. The van der Waals surface area contributed by atoms with Crippen molar-refractivity contribution >= 4 is 24.8 Å². The fourth-order valence-electron chi connectivity index (χ4n) is 4.13. The maximum absolute atomic E-state index is 14.2. The van der Waals surface area contributed by atoms with E-state index in [0.717, 1.165) is 31.7 Å². The molecular formula is C18H29Cl2FN2O. The van der Waals surface area contributed by atoms with Crippen molar-refractivity contribution in [1.29, 1.82) is 0 Å². The standard InChI is InChI=1S/C18H27FN2O.2ClH/c1-22-18-15(8-5-9-16(18)19)17(14-6-3-2-4-7-14)21-12-10-20-11-13-21;;/h5,8-9,14,17,20H,2-4,6-7,10-13H2,1H3;2*1H/t17-;;/m0../s1. The molecule has 1 aromatic rings. The van der Waals surface area contributed by atoms with Crippen LogP contribution in [-0.2, 0) is 0 Å². The van der Waals surface area contributed by atoms with Crippen molar-refractivity contribution in [2.45, 2.75) is 38.1 Å². The lowest BCUT2D eigenvalue weighted by Crippen LogP contribution is -2.47. The topological polar surface area (TPSA) is 24.5 Å². The number of methoxy groups -OCH3 is 1. The molecule has 0 bridgehead atoms. The summed E-state index contributed by atoms with van der Waals surface area (Å²) in [7, 11) is 1.58. The molecule has 0 unspecified atom stereocenters. The van der Waals surface area contributed by atoms with Crippen molar-refractivity contribution in [3.63, 3.8) is 0 Å². The van der Waals surface area contributed by atoms with Crippen LogP contribution in [0.2, 0.25) is 0 Å². The second-order valence-corrected chi connectivity index (χ2v) is 6.49. The summed E-state index contributed by atoms with van der Waals surface area (Å²) in [6.07, 6.45) is 6.42. The molecule has 3 nitrogen and oxygen atoms in total. The van der Waals surface area contributed by atoms with Crippen LogP contribution in [-0.4, -0.2) is 38.2 Å². The summed E-state index contributed by atoms with van der Waals surface area (Å²) in [5.74, 6) is 0.815. The lowest BCUT2D eigenvalue weighted by molar-refractivity contribution is 0.101. The molecule has 2 fully saturated rings. The first-order chi connectivity index (χ1) is 10.8. The number of halogens is 3. The summed E-state index contributed by atoms with van der Waals surface area (Å²) < 4.78 is 19.6. The quantitative estimate of drug-likeness (QED) is 0.849. The average molecular weight is 379 g/mol. The molecule has 0 aromatic heterocycles. The van der Waals surface area contributed by atoms with Crippen molar-refractivity contribution in [2.24, 2.45) is 5.92 Å². The van der Waals surface area contributed by atoms with E-state index in [1.54, 1.807) is 7.11 Å². The summed E-state index contributed by atoms with van der Waals surface area (Å²) in [6, 6.07) is 5.67. The van der Waals surface area contributed by atoms with Gasteiger partial charge < -0.3 is 10.1 Å². The molecule has 6 heteroatoms. The second kappa shape index (κ2) is 10.4. The Balaban J connectivity index is 0.00000144. The smallest absolute Gasteiger partial charge is 0.165 e. The summed E-state index contributed by atoms with van der Waals surface area (Å²) >= 11 is 0. The van der Waals surface area contributed by atoms with Crippen molar-refractivity contribution in [3.05, 3.63) is 29.6 Å². The number of para-hydroxylation sites is 1. The predicted molar refractivity (Wildman–Crippen MR) is 101 cm³/mol. The van der Waals surface area contributed by atoms with Gasteiger partial charge in [0.15, 0.2) is 11.6 Å². The molecule has 1 saturated heterocycles. The summed E-state index contributed by atoms with van der Waals surface area (Å²) in [5.41, 5.74) is 1.04. The third-order valence-corrected chi connectivity index (χ3v) is 5.16. The zero-order valence-corrected chi connectivity index (χ0v) is 15.9. The first-order valence-corrected chi connectivity index (χ1v) is 8.58. The van der Waals surface area contributed by atoms with Crippen LogP contribution >= 0.6 is 24.8 Å². The number of nitrogens with zero attached hydrogens (tertiary/aromatic N) is 1. The van der Waals surface area contributed by atoms with Gasteiger partial charge in [-0.25, -0.2) is 4.39 Å². The van der Waals surface area contributed by atoms with Gasteiger partial charge in [0, 0.05) is 37.8 Å². The van der Waals surface area contributed by atoms with Crippen LogP contribution in [0.25, 0.3) is 0 Å². The normalized spacial score (nSPS) is 20.6. The fourth-order valence-corrected chi connectivity index (χ4v) is 4.13. The van der Waals surface area contributed by atoms with E-state index in [-0.39, 0.29) is 36.7 Å². The van der Waals surface area contributed by atoms with E-state index in [1.807, 2.05) is 6.07 Å². The van der Waals surface area contributed by atoms with Gasteiger partial charge in [-0.3, -0.25) is 4.90 Å². The van der Waals surface area contributed by atoms with Crippen LogP contribution in [0, 0.1) is 11.7 Å². The molecule has 1 aliphatic heterocycles. The molecular weight excluding hydrogens is 350 g/mol. The Bertz CT molecular complexity index is 474. The number of hydrogen-bond acceptors (Lipinski definition) is 3. The SMILES string of the molecule is COc1c(F)cccc1[C@H](C1CCCCC1)N1CCNCC1.Cl.Cl. The van der Waals surface area contributed by atoms with Crippen LogP contribution < -0.4 is 10.1 Å². The van der Waals surface area contributed by atoms with E-state index in [9.17, 15) is 4.39 Å². The third-order valence-electron chi connectivity index (χ3n) is 5.16. The zero-order valence-electron chi connectivity index (χ0n) is 14.3. The molecule has 1 aromatic carbocycles. The average Bonchev–Trinajstić information content (AvgIpc) is 2.57. The van der Waals surface area contributed by atoms with E-state index >= 15 is 0 Å². The highest BCUT2D eigenvalue weighted by Gasteiger charge is 2.33. The third kappa shape index (κ3) is 4.75. The van der Waals surface area contributed by atoms with Gasteiger partial charge in [-0.1, -0.05) is 31.4 Å². The van der Waals surface area contributed by atoms with Crippen LogP contribution in [0.3, 0.4) is 0 Å². The maximum atomic E-state index is 14.2. The van der Waals surface area contributed by atoms with E-state index in [4.69, 9.17) is 4.74 Å². The summed E-state index contributed by atoms with van der Waals surface area (Å²) in [6.45, 7) is 4.09. The molecule has 0 amide bonds. The fraction of sp³-hybridized carbons (Fsp3) is 0.667. The van der Waals surface area contributed by atoms with Crippen molar-refractivity contribution in [2.75, 3.05) is 33.3 Å². The number of rotatable bonds is 4. The Morgan fingerprint density at radius 1 is 1.12 bits per heavy atom. The van der Waals surface area contributed by atoms with Gasteiger partial charge in [-0.05, 0) is 24.8 Å². The van der Waals surface area contributed by atoms with Gasteiger partial charge in [0.2, 0.25) is 0 Å². The van der Waals surface area contributed by atoms with Crippen LogP contribution in [0.15, 0.2) is 18.2 Å². The molecule has 0 spiro atoms. The lowest BCUT2D eigenvalue weighted by atomic mass is 9.80. The van der Waals surface area contributed by atoms with E-state index in [2.05, 4.69) is 16.3 Å². The Hall–Kier alpha value is -0.550. The minimum atomic E-state index is -0.240. The first kappa shape index (κ1) is 21.5. The van der Waals surface area contributed by atoms with Crippen LogP contribution in [0.4, 0.5) is 4.39 Å². The monoisotopic (exact) mass is 378 g/mol. The zero-order chi connectivity index (χ0) is 15.4. The van der Waals surface area contributed by atoms with Crippen molar-refractivity contribution in [1.82, 2.24) is 10.2 Å². The molecule has 1 atom stereocenters.